The predicted octanol–water partition coefficient (Wildman–Crippen LogP) is 3.64. The van der Waals surface area contributed by atoms with Crippen molar-refractivity contribution in [2.45, 2.75) is 82.0 Å². The topological polar surface area (TPSA) is 141 Å². The molecule has 1 saturated carbocycles. The van der Waals surface area contributed by atoms with Gasteiger partial charge in [-0.05, 0) is 68.9 Å². The standard InChI is InChI=1S/C28H44N6O5/c1-2-12-28(27(36)30-13-14-34-15-19-37-20-16-34)25(23-6-3-4-7-24(23)32-33-29)39-26(31-28)21-8-10-22(11-9-21)38-18-5-17-35/h2,21-22,25,35H,1,3-20H2,(H,30,36)/t21?,22?,25-,28-/m0/s1. The van der Waals surface area contributed by atoms with Crippen LogP contribution >= 0.6 is 0 Å². The minimum absolute atomic E-state index is 0.102. The van der Waals surface area contributed by atoms with E-state index < -0.39 is 11.6 Å². The summed E-state index contributed by atoms with van der Waals surface area (Å²) in [7, 11) is 0. The highest BCUT2D eigenvalue weighted by molar-refractivity contribution is 5.95. The van der Waals surface area contributed by atoms with Gasteiger partial charge in [0.2, 0.25) is 0 Å². The Hall–Kier alpha value is -2.43. The maximum absolute atomic E-state index is 14.0. The van der Waals surface area contributed by atoms with Crippen LogP contribution in [0.15, 0.2) is 34.0 Å². The van der Waals surface area contributed by atoms with Crippen LogP contribution < -0.4 is 5.32 Å². The first-order valence-corrected chi connectivity index (χ1v) is 14.6. The molecule has 0 spiro atoms. The SMILES string of the molecule is C=CC[C@]1(C(=O)NCCN2CCOCC2)N=C(C2CCC(OCCCO)CC2)O[C@H]1C1=C(N=[N+]=[N-])CCCC1. The third kappa shape index (κ3) is 7.41. The zero-order valence-electron chi connectivity index (χ0n) is 23.1. The third-order valence-corrected chi connectivity index (χ3v) is 8.29. The quantitative estimate of drug-likeness (QED) is 0.119. The zero-order chi connectivity index (χ0) is 27.5. The number of rotatable bonds is 13. The fourth-order valence-electron chi connectivity index (χ4n) is 6.14. The number of hydrogen-bond donors (Lipinski definition) is 2. The minimum atomic E-state index is -1.18. The maximum Gasteiger partial charge on any atom is 0.252 e. The number of azide groups is 1. The lowest BCUT2D eigenvalue weighted by Crippen LogP contribution is -2.54. The summed E-state index contributed by atoms with van der Waals surface area (Å²) < 4.78 is 18.0. The molecule has 0 radical (unpaired) electrons. The molecule has 2 N–H and O–H groups in total. The van der Waals surface area contributed by atoms with Crippen molar-refractivity contribution in [2.75, 3.05) is 52.6 Å². The van der Waals surface area contributed by atoms with Gasteiger partial charge in [-0.15, -0.1) is 6.58 Å². The Morgan fingerprint density at radius 3 is 2.77 bits per heavy atom. The molecule has 4 aliphatic rings. The molecule has 1 amide bonds. The second-order valence-corrected chi connectivity index (χ2v) is 10.9. The lowest BCUT2D eigenvalue weighted by molar-refractivity contribution is -0.128. The fourth-order valence-corrected chi connectivity index (χ4v) is 6.14. The van der Waals surface area contributed by atoms with Crippen LogP contribution in [-0.4, -0.2) is 92.2 Å². The second-order valence-electron chi connectivity index (χ2n) is 10.9. The van der Waals surface area contributed by atoms with Crippen LogP contribution in [0.2, 0.25) is 0 Å². The van der Waals surface area contributed by atoms with Gasteiger partial charge in [-0.3, -0.25) is 9.69 Å². The highest BCUT2D eigenvalue weighted by atomic mass is 16.5. The Morgan fingerprint density at radius 2 is 2.05 bits per heavy atom. The largest absolute Gasteiger partial charge is 0.470 e. The predicted molar refractivity (Wildman–Crippen MR) is 148 cm³/mol. The van der Waals surface area contributed by atoms with Crippen molar-refractivity contribution >= 4 is 11.8 Å². The summed E-state index contributed by atoms with van der Waals surface area (Å²) >= 11 is 0. The number of hydrogen-bond acceptors (Lipinski definition) is 8. The van der Waals surface area contributed by atoms with Gasteiger partial charge in [-0.25, -0.2) is 4.99 Å². The van der Waals surface area contributed by atoms with Crippen molar-refractivity contribution in [1.29, 1.82) is 0 Å². The monoisotopic (exact) mass is 544 g/mol. The number of aliphatic hydroxyl groups excluding tert-OH is 1. The molecular weight excluding hydrogens is 500 g/mol. The number of morpholine rings is 1. The van der Waals surface area contributed by atoms with Crippen molar-refractivity contribution in [3.63, 3.8) is 0 Å². The van der Waals surface area contributed by atoms with Gasteiger partial charge < -0.3 is 24.6 Å². The van der Waals surface area contributed by atoms with Crippen LogP contribution in [0.25, 0.3) is 10.4 Å². The molecule has 39 heavy (non-hydrogen) atoms. The maximum atomic E-state index is 14.0. The molecule has 216 valence electrons. The van der Waals surface area contributed by atoms with Crippen molar-refractivity contribution in [3.8, 4) is 0 Å². The zero-order valence-corrected chi connectivity index (χ0v) is 23.1. The molecule has 2 heterocycles. The van der Waals surface area contributed by atoms with Gasteiger partial charge in [0.25, 0.3) is 5.91 Å². The van der Waals surface area contributed by atoms with E-state index in [1.54, 1.807) is 6.08 Å². The van der Waals surface area contributed by atoms with Gasteiger partial charge >= 0.3 is 0 Å². The van der Waals surface area contributed by atoms with Crippen LogP contribution in [0.1, 0.15) is 64.2 Å². The first-order chi connectivity index (χ1) is 19.1. The van der Waals surface area contributed by atoms with Gasteiger partial charge in [0, 0.05) is 62.3 Å². The number of nitrogens with one attached hydrogen (secondary N) is 1. The molecule has 0 unspecified atom stereocenters. The minimum Gasteiger partial charge on any atom is -0.470 e. The van der Waals surface area contributed by atoms with Gasteiger partial charge in [0.1, 0.15) is 0 Å². The highest BCUT2D eigenvalue weighted by Gasteiger charge is 2.54. The third-order valence-electron chi connectivity index (χ3n) is 8.29. The summed E-state index contributed by atoms with van der Waals surface area (Å²) in [5.41, 5.74) is 9.63. The Balaban J connectivity index is 1.55. The molecular formula is C28H44N6O5. The molecule has 4 rings (SSSR count). The molecule has 11 nitrogen and oxygen atoms in total. The molecule has 0 aromatic rings. The van der Waals surface area contributed by atoms with E-state index in [-0.39, 0.29) is 24.5 Å². The summed E-state index contributed by atoms with van der Waals surface area (Å²) in [6.07, 6.45) is 9.05. The van der Waals surface area contributed by atoms with E-state index in [4.69, 9.17) is 24.3 Å². The Morgan fingerprint density at radius 1 is 1.28 bits per heavy atom. The van der Waals surface area contributed by atoms with Gasteiger partial charge in [-0.1, -0.05) is 11.2 Å². The van der Waals surface area contributed by atoms with E-state index in [1.165, 1.54) is 0 Å². The van der Waals surface area contributed by atoms with E-state index in [9.17, 15) is 10.3 Å². The average molecular weight is 545 g/mol. The summed E-state index contributed by atoms with van der Waals surface area (Å²) in [6, 6.07) is 0. The summed E-state index contributed by atoms with van der Waals surface area (Å²) in [4.78, 5) is 24.4. The summed E-state index contributed by atoms with van der Waals surface area (Å²) in [5, 5.41) is 16.2. The Labute approximate surface area is 231 Å². The number of aliphatic imine (C=N–C) groups is 1. The van der Waals surface area contributed by atoms with E-state index in [2.05, 4.69) is 26.8 Å². The summed E-state index contributed by atoms with van der Waals surface area (Å²) in [5.74, 6) is 0.553. The highest BCUT2D eigenvalue weighted by Crippen LogP contribution is 2.43. The van der Waals surface area contributed by atoms with Crippen molar-refractivity contribution in [3.05, 3.63) is 34.4 Å². The fraction of sp³-hybridized carbons (Fsp3) is 0.786. The number of amides is 1. The van der Waals surface area contributed by atoms with Gasteiger partial charge in [0.15, 0.2) is 17.5 Å². The first kappa shape index (κ1) is 29.6. The average Bonchev–Trinajstić information content (AvgIpc) is 3.35. The van der Waals surface area contributed by atoms with Crippen LogP contribution in [0.4, 0.5) is 0 Å². The van der Waals surface area contributed by atoms with Gasteiger partial charge in [0.05, 0.1) is 19.3 Å². The Bertz CT molecular complexity index is 950. The van der Waals surface area contributed by atoms with E-state index in [0.717, 1.165) is 63.7 Å². The van der Waals surface area contributed by atoms with E-state index in [0.29, 0.717) is 63.6 Å². The van der Waals surface area contributed by atoms with Gasteiger partial charge in [-0.2, -0.15) is 0 Å². The number of nitrogens with zero attached hydrogens (tertiary/aromatic N) is 5. The van der Waals surface area contributed by atoms with Crippen molar-refractivity contribution in [2.24, 2.45) is 16.0 Å². The Kier molecular flexibility index (Phi) is 11.2. The molecule has 1 saturated heterocycles. The normalized spacial score (nSPS) is 29.8. The number of allylic oxidation sites excluding steroid dienone is 1. The van der Waals surface area contributed by atoms with Crippen molar-refractivity contribution in [1.82, 2.24) is 10.2 Å². The lowest BCUT2D eigenvalue weighted by atomic mass is 9.79. The molecule has 0 bridgehead atoms. The molecule has 11 heteroatoms. The number of carbonyl (C=O) groups excluding carboxylic acids is 1. The van der Waals surface area contributed by atoms with Crippen molar-refractivity contribution < 1.29 is 24.1 Å². The molecule has 2 fully saturated rings. The van der Waals surface area contributed by atoms with Crippen LogP contribution in [0, 0.1) is 5.92 Å². The van der Waals surface area contributed by atoms with Crippen LogP contribution in [0.5, 0.6) is 0 Å². The smallest absolute Gasteiger partial charge is 0.252 e. The lowest BCUT2D eigenvalue weighted by Gasteiger charge is -2.34. The molecule has 2 aliphatic heterocycles. The second kappa shape index (κ2) is 14.8. The molecule has 0 aromatic carbocycles. The first-order valence-electron chi connectivity index (χ1n) is 14.6. The molecule has 0 aromatic heterocycles. The number of carbonyl (C=O) groups is 1. The summed E-state index contributed by atoms with van der Waals surface area (Å²) in [6.45, 7) is 9.05. The van der Waals surface area contributed by atoms with E-state index in [1.807, 2.05) is 0 Å². The molecule has 2 aliphatic carbocycles. The molecule has 2 atom stereocenters. The van der Waals surface area contributed by atoms with Crippen LogP contribution in [-0.2, 0) is 19.0 Å². The van der Waals surface area contributed by atoms with Crippen LogP contribution in [0.3, 0.4) is 0 Å². The number of ether oxygens (including phenoxy) is 3. The van der Waals surface area contributed by atoms with E-state index >= 15 is 0 Å². The number of aliphatic hydroxyl groups is 1.